The largest absolute Gasteiger partial charge is 0.397 e. The van der Waals surface area contributed by atoms with Gasteiger partial charge in [0.05, 0.1) is 11.4 Å². The molecule has 0 aromatic heterocycles. The van der Waals surface area contributed by atoms with Gasteiger partial charge in [0.25, 0.3) is 0 Å². The number of nitrogen functional groups attached to an aromatic ring is 1. The highest BCUT2D eigenvalue weighted by molar-refractivity contribution is 5.69. The maximum atomic E-state index is 6.16. The van der Waals surface area contributed by atoms with Gasteiger partial charge in [-0.2, -0.15) is 0 Å². The second-order valence-corrected chi connectivity index (χ2v) is 5.42. The van der Waals surface area contributed by atoms with Crippen LogP contribution in [0.5, 0.6) is 0 Å². The molecule has 0 saturated carbocycles. The number of piperidine rings is 1. The van der Waals surface area contributed by atoms with Crippen molar-refractivity contribution < 1.29 is 0 Å². The Labute approximate surface area is 105 Å². The van der Waals surface area contributed by atoms with E-state index in [0.717, 1.165) is 18.2 Å². The van der Waals surface area contributed by atoms with Crippen molar-refractivity contribution in [1.29, 1.82) is 0 Å². The van der Waals surface area contributed by atoms with Gasteiger partial charge in [0.2, 0.25) is 0 Å². The average Bonchev–Trinajstić information content (AvgIpc) is 2.30. The molecule has 2 N–H and O–H groups in total. The topological polar surface area (TPSA) is 29.3 Å². The zero-order valence-corrected chi connectivity index (χ0v) is 11.2. The summed E-state index contributed by atoms with van der Waals surface area (Å²) in [6.45, 7) is 7.85. The molecule has 2 unspecified atom stereocenters. The number of hydrogen-bond acceptors (Lipinski definition) is 2. The van der Waals surface area contributed by atoms with Crippen molar-refractivity contribution in [1.82, 2.24) is 0 Å². The summed E-state index contributed by atoms with van der Waals surface area (Å²) in [6, 6.07) is 7.04. The third-order valence-electron chi connectivity index (χ3n) is 4.05. The van der Waals surface area contributed by atoms with Crippen LogP contribution in [0.3, 0.4) is 0 Å². The quantitative estimate of drug-likeness (QED) is 0.790. The predicted octanol–water partition coefficient (Wildman–Crippen LogP) is 3.59. The molecule has 2 rings (SSSR count). The van der Waals surface area contributed by atoms with E-state index in [4.69, 9.17) is 5.73 Å². The second-order valence-electron chi connectivity index (χ2n) is 5.42. The summed E-state index contributed by atoms with van der Waals surface area (Å²) in [5.41, 5.74) is 9.55. The van der Waals surface area contributed by atoms with Crippen molar-refractivity contribution in [2.45, 2.75) is 46.1 Å². The van der Waals surface area contributed by atoms with Gasteiger partial charge in [-0.25, -0.2) is 0 Å². The van der Waals surface area contributed by atoms with Gasteiger partial charge in [-0.1, -0.05) is 19.4 Å². The Hall–Kier alpha value is -1.18. The van der Waals surface area contributed by atoms with E-state index in [-0.39, 0.29) is 0 Å². The summed E-state index contributed by atoms with van der Waals surface area (Å²) in [4.78, 5) is 2.49. The van der Waals surface area contributed by atoms with E-state index < -0.39 is 0 Å². The summed E-state index contributed by atoms with van der Waals surface area (Å²) >= 11 is 0. The lowest BCUT2D eigenvalue weighted by molar-refractivity contribution is 0.359. The molecule has 1 saturated heterocycles. The normalized spacial score (nSPS) is 25.0. The maximum absolute atomic E-state index is 6.16. The predicted molar refractivity (Wildman–Crippen MR) is 75.4 cm³/mol. The van der Waals surface area contributed by atoms with Gasteiger partial charge in [-0.05, 0) is 50.3 Å². The first-order valence-corrected chi connectivity index (χ1v) is 6.74. The Kier molecular flexibility index (Phi) is 3.60. The second kappa shape index (κ2) is 4.99. The van der Waals surface area contributed by atoms with Gasteiger partial charge in [-0.3, -0.25) is 0 Å². The third kappa shape index (κ3) is 2.56. The molecular weight excluding hydrogens is 208 g/mol. The van der Waals surface area contributed by atoms with Crippen LogP contribution in [0.2, 0.25) is 0 Å². The van der Waals surface area contributed by atoms with E-state index in [1.807, 2.05) is 0 Å². The fourth-order valence-electron chi connectivity index (χ4n) is 2.79. The van der Waals surface area contributed by atoms with Crippen molar-refractivity contribution in [3.05, 3.63) is 23.8 Å². The third-order valence-corrected chi connectivity index (χ3v) is 4.05. The minimum absolute atomic E-state index is 0.614. The molecule has 0 bridgehead atoms. The smallest absolute Gasteiger partial charge is 0.0602 e. The van der Waals surface area contributed by atoms with E-state index in [2.05, 4.69) is 43.9 Å². The summed E-state index contributed by atoms with van der Waals surface area (Å²) in [7, 11) is 0. The van der Waals surface area contributed by atoms with Crippen LogP contribution >= 0.6 is 0 Å². The van der Waals surface area contributed by atoms with Crippen LogP contribution < -0.4 is 10.6 Å². The highest BCUT2D eigenvalue weighted by Gasteiger charge is 2.25. The fraction of sp³-hybridized carbons (Fsp3) is 0.600. The number of rotatable bonds is 2. The van der Waals surface area contributed by atoms with Gasteiger partial charge in [0.15, 0.2) is 0 Å². The first kappa shape index (κ1) is 12.3. The summed E-state index contributed by atoms with van der Waals surface area (Å²) < 4.78 is 0. The van der Waals surface area contributed by atoms with E-state index in [1.165, 1.54) is 30.5 Å². The highest BCUT2D eigenvalue weighted by atomic mass is 15.2. The van der Waals surface area contributed by atoms with Crippen molar-refractivity contribution in [3.63, 3.8) is 0 Å². The van der Waals surface area contributed by atoms with E-state index in [1.54, 1.807) is 0 Å². The minimum atomic E-state index is 0.614. The van der Waals surface area contributed by atoms with Crippen molar-refractivity contribution in [2.75, 3.05) is 17.2 Å². The Morgan fingerprint density at radius 1 is 1.35 bits per heavy atom. The lowest BCUT2D eigenvalue weighted by Crippen LogP contribution is -2.42. The van der Waals surface area contributed by atoms with Crippen LogP contribution in [0.15, 0.2) is 18.2 Å². The molecular formula is C15H24N2. The molecule has 1 heterocycles. The average molecular weight is 232 g/mol. The first-order valence-electron chi connectivity index (χ1n) is 6.74. The maximum Gasteiger partial charge on any atom is 0.0602 e. The fourth-order valence-corrected chi connectivity index (χ4v) is 2.79. The number of hydrogen-bond donors (Lipinski definition) is 1. The molecule has 17 heavy (non-hydrogen) atoms. The molecule has 0 spiro atoms. The molecule has 0 radical (unpaired) electrons. The number of nitrogens with two attached hydrogens (primary N) is 1. The Morgan fingerprint density at radius 2 is 2.12 bits per heavy atom. The molecule has 1 aliphatic heterocycles. The molecule has 1 aromatic carbocycles. The van der Waals surface area contributed by atoms with E-state index in [0.29, 0.717) is 6.04 Å². The number of anilines is 2. The Bertz CT molecular complexity index is 387. The molecule has 0 aliphatic carbocycles. The van der Waals surface area contributed by atoms with Crippen molar-refractivity contribution >= 4 is 11.4 Å². The molecule has 2 atom stereocenters. The summed E-state index contributed by atoms with van der Waals surface area (Å²) in [5.74, 6) is 0.826. The first-order chi connectivity index (χ1) is 8.11. The molecule has 2 heteroatoms. The van der Waals surface area contributed by atoms with Crippen LogP contribution in [0, 0.1) is 12.8 Å². The zero-order valence-electron chi connectivity index (χ0n) is 11.2. The standard InChI is InChI=1S/C15H24N2/c1-4-13-7-6-12(3)17(10-13)15-8-5-11(2)9-14(15)16/h5,8-9,12-13H,4,6-7,10,16H2,1-3H3. The van der Waals surface area contributed by atoms with E-state index >= 15 is 0 Å². The van der Waals surface area contributed by atoms with Crippen LogP contribution in [-0.4, -0.2) is 12.6 Å². The number of aryl methyl sites for hydroxylation is 1. The summed E-state index contributed by atoms with van der Waals surface area (Å²) in [6.07, 6.45) is 3.92. The molecule has 94 valence electrons. The van der Waals surface area contributed by atoms with Crippen LogP contribution in [0.1, 0.15) is 38.7 Å². The van der Waals surface area contributed by atoms with Gasteiger partial charge < -0.3 is 10.6 Å². The minimum Gasteiger partial charge on any atom is -0.397 e. The lowest BCUT2D eigenvalue weighted by Gasteiger charge is -2.40. The van der Waals surface area contributed by atoms with Gasteiger partial charge in [0, 0.05) is 12.6 Å². The zero-order chi connectivity index (χ0) is 12.4. The number of benzene rings is 1. The molecule has 1 fully saturated rings. The summed E-state index contributed by atoms with van der Waals surface area (Å²) in [5, 5.41) is 0. The molecule has 0 amide bonds. The Morgan fingerprint density at radius 3 is 2.76 bits per heavy atom. The Balaban J connectivity index is 2.24. The monoisotopic (exact) mass is 232 g/mol. The van der Waals surface area contributed by atoms with Gasteiger partial charge in [0.1, 0.15) is 0 Å². The van der Waals surface area contributed by atoms with Crippen molar-refractivity contribution in [2.24, 2.45) is 5.92 Å². The lowest BCUT2D eigenvalue weighted by atomic mass is 9.91. The molecule has 1 aliphatic rings. The van der Waals surface area contributed by atoms with Gasteiger partial charge >= 0.3 is 0 Å². The highest BCUT2D eigenvalue weighted by Crippen LogP contribution is 2.32. The number of nitrogens with zero attached hydrogens (tertiary/aromatic N) is 1. The molecule has 2 nitrogen and oxygen atoms in total. The van der Waals surface area contributed by atoms with Crippen LogP contribution in [0.25, 0.3) is 0 Å². The van der Waals surface area contributed by atoms with Crippen molar-refractivity contribution in [3.8, 4) is 0 Å². The van der Waals surface area contributed by atoms with Crippen LogP contribution in [-0.2, 0) is 0 Å². The van der Waals surface area contributed by atoms with E-state index in [9.17, 15) is 0 Å². The molecule has 1 aromatic rings. The SMILES string of the molecule is CCC1CCC(C)N(c2ccc(C)cc2N)C1. The van der Waals surface area contributed by atoms with Gasteiger partial charge in [-0.15, -0.1) is 0 Å². The van der Waals surface area contributed by atoms with Crippen LogP contribution in [0.4, 0.5) is 11.4 Å².